The molecule has 10 rings (SSSR count). The molecule has 2 nitrogen and oxygen atoms in total. The van der Waals surface area contributed by atoms with E-state index < -0.39 is 5.41 Å². The Labute approximate surface area is 271 Å². The number of hydrogen-bond acceptors (Lipinski definition) is 3. The topological polar surface area (TPSA) is 16.4 Å². The van der Waals surface area contributed by atoms with Crippen molar-refractivity contribution in [2.45, 2.75) is 15.2 Å². The molecule has 1 aliphatic carbocycles. The van der Waals surface area contributed by atoms with Crippen molar-refractivity contribution < 1.29 is 4.42 Å². The first-order valence-corrected chi connectivity index (χ1v) is 16.5. The summed E-state index contributed by atoms with van der Waals surface area (Å²) in [5, 5.41) is 2.31. The predicted octanol–water partition coefficient (Wildman–Crippen LogP) is 11.9. The van der Waals surface area contributed by atoms with E-state index in [1.807, 2.05) is 17.8 Å². The molecule has 0 saturated carbocycles. The minimum absolute atomic E-state index is 0.495. The van der Waals surface area contributed by atoms with E-state index in [1.54, 1.807) is 0 Å². The number of anilines is 3. The van der Waals surface area contributed by atoms with Crippen LogP contribution in [0.25, 0.3) is 33.1 Å². The Balaban J connectivity index is 1.32. The van der Waals surface area contributed by atoms with Crippen molar-refractivity contribution in [3.8, 4) is 11.1 Å². The fourth-order valence-electron chi connectivity index (χ4n) is 7.85. The third-order valence-electron chi connectivity index (χ3n) is 9.71. The van der Waals surface area contributed by atoms with Crippen LogP contribution in [-0.4, -0.2) is 0 Å². The molecule has 1 atom stereocenters. The molecular formula is C43H27NOS. The van der Waals surface area contributed by atoms with E-state index in [1.165, 1.54) is 43.2 Å². The molecule has 0 amide bonds. The van der Waals surface area contributed by atoms with Gasteiger partial charge in [0.25, 0.3) is 0 Å². The summed E-state index contributed by atoms with van der Waals surface area (Å²) < 4.78 is 6.43. The van der Waals surface area contributed by atoms with E-state index in [2.05, 4.69) is 163 Å². The largest absolute Gasteiger partial charge is 0.456 e. The van der Waals surface area contributed by atoms with E-state index in [0.717, 1.165) is 39.0 Å². The summed E-state index contributed by atoms with van der Waals surface area (Å²) in [7, 11) is 0. The van der Waals surface area contributed by atoms with E-state index in [0.29, 0.717) is 0 Å². The van der Waals surface area contributed by atoms with E-state index in [9.17, 15) is 0 Å². The third kappa shape index (κ3) is 3.49. The lowest BCUT2D eigenvalue weighted by atomic mass is 9.67. The highest BCUT2D eigenvalue weighted by molar-refractivity contribution is 7.99. The second-order valence-corrected chi connectivity index (χ2v) is 13.2. The minimum Gasteiger partial charge on any atom is -0.456 e. The van der Waals surface area contributed by atoms with Crippen molar-refractivity contribution >= 4 is 50.8 Å². The molecule has 46 heavy (non-hydrogen) atoms. The summed E-state index contributed by atoms with van der Waals surface area (Å²) in [5.41, 5.74) is 12.6. The Hall–Kier alpha value is -5.51. The maximum Gasteiger partial charge on any atom is 0.136 e. The minimum atomic E-state index is -0.495. The number of rotatable bonds is 3. The molecule has 0 saturated heterocycles. The van der Waals surface area contributed by atoms with Gasteiger partial charge in [-0.25, -0.2) is 0 Å². The molecule has 2 aliphatic rings. The second kappa shape index (κ2) is 9.74. The van der Waals surface area contributed by atoms with Crippen molar-refractivity contribution in [3.63, 3.8) is 0 Å². The van der Waals surface area contributed by atoms with Crippen LogP contribution in [0.4, 0.5) is 17.1 Å². The zero-order valence-corrected chi connectivity index (χ0v) is 25.7. The van der Waals surface area contributed by atoms with Crippen LogP contribution in [0.2, 0.25) is 0 Å². The Bertz CT molecular complexity index is 2420. The van der Waals surface area contributed by atoms with Crippen LogP contribution >= 0.6 is 11.8 Å². The summed E-state index contributed by atoms with van der Waals surface area (Å²) in [6, 6.07) is 59.5. The molecule has 1 unspecified atom stereocenters. The average Bonchev–Trinajstić information content (AvgIpc) is 3.62. The Morgan fingerprint density at radius 1 is 0.413 bits per heavy atom. The van der Waals surface area contributed by atoms with Crippen molar-refractivity contribution in [2.75, 3.05) is 4.90 Å². The predicted molar refractivity (Wildman–Crippen MR) is 190 cm³/mol. The number of hydrogen-bond donors (Lipinski definition) is 0. The van der Waals surface area contributed by atoms with Gasteiger partial charge in [0.2, 0.25) is 0 Å². The molecule has 0 bridgehead atoms. The molecule has 1 spiro atoms. The van der Waals surface area contributed by atoms with E-state index >= 15 is 0 Å². The van der Waals surface area contributed by atoms with Gasteiger partial charge in [0.1, 0.15) is 11.2 Å². The number of nitrogens with zero attached hydrogens (tertiary/aromatic N) is 1. The van der Waals surface area contributed by atoms with Crippen LogP contribution in [0.5, 0.6) is 0 Å². The quantitative estimate of drug-likeness (QED) is 0.199. The molecule has 3 heteroatoms. The molecule has 0 radical (unpaired) electrons. The standard InChI is InChI=1S/C43H27NOS/c1-3-13-28(14-4-1)44(29-15-5-2-6-16-29)30-23-24-32-31-17-7-9-19-35(31)43(37(32)25-30)36-20-10-12-22-41(36)46-42-27-40-34(26-38(42)43)33-18-8-11-21-39(33)45-40/h1-27H. The summed E-state index contributed by atoms with van der Waals surface area (Å²) >= 11 is 1.85. The molecule has 216 valence electrons. The lowest BCUT2D eigenvalue weighted by Crippen LogP contribution is -2.32. The highest BCUT2D eigenvalue weighted by Crippen LogP contribution is 2.63. The average molecular weight is 606 g/mol. The van der Waals surface area contributed by atoms with Crippen LogP contribution in [0.1, 0.15) is 22.3 Å². The molecule has 8 aromatic rings. The van der Waals surface area contributed by atoms with Gasteiger partial charge in [0, 0.05) is 37.6 Å². The van der Waals surface area contributed by atoms with Crippen LogP contribution in [0, 0.1) is 0 Å². The molecule has 1 aromatic heterocycles. The van der Waals surface area contributed by atoms with Gasteiger partial charge in [0.15, 0.2) is 0 Å². The number of furan rings is 1. The van der Waals surface area contributed by atoms with Crippen molar-refractivity contribution in [2.24, 2.45) is 0 Å². The first kappa shape index (κ1) is 25.8. The Kier molecular flexibility index (Phi) is 5.46. The van der Waals surface area contributed by atoms with E-state index in [-0.39, 0.29) is 0 Å². The normalized spacial score (nSPS) is 15.8. The fraction of sp³-hybridized carbons (Fsp3) is 0.0233. The number of para-hydroxylation sites is 3. The molecule has 0 fully saturated rings. The zero-order valence-electron chi connectivity index (χ0n) is 24.9. The lowest BCUT2D eigenvalue weighted by molar-refractivity contribution is 0.664. The van der Waals surface area contributed by atoms with Crippen molar-refractivity contribution in [3.05, 3.63) is 186 Å². The highest BCUT2D eigenvalue weighted by Gasteiger charge is 2.50. The van der Waals surface area contributed by atoms with Gasteiger partial charge in [-0.15, -0.1) is 0 Å². The van der Waals surface area contributed by atoms with Crippen molar-refractivity contribution in [1.29, 1.82) is 0 Å². The SMILES string of the molecule is c1ccc(N(c2ccccc2)c2ccc3c(c2)C2(c4ccccc4Sc4cc5oc6ccccc6c5cc42)c2ccccc2-3)cc1. The van der Waals surface area contributed by atoms with Gasteiger partial charge < -0.3 is 9.32 Å². The van der Waals surface area contributed by atoms with Crippen LogP contribution in [-0.2, 0) is 5.41 Å². The molecule has 1 aliphatic heterocycles. The number of fused-ring (bicyclic) bond motifs is 12. The maximum atomic E-state index is 6.43. The molecule has 2 heterocycles. The van der Waals surface area contributed by atoms with Gasteiger partial charge in [-0.2, -0.15) is 0 Å². The van der Waals surface area contributed by atoms with Gasteiger partial charge >= 0.3 is 0 Å². The van der Waals surface area contributed by atoms with Gasteiger partial charge in [-0.3, -0.25) is 0 Å². The Morgan fingerprint density at radius 2 is 1.07 bits per heavy atom. The summed E-state index contributed by atoms with van der Waals surface area (Å²) in [5.74, 6) is 0. The maximum absolute atomic E-state index is 6.43. The lowest BCUT2D eigenvalue weighted by Gasteiger charge is -2.40. The summed E-state index contributed by atoms with van der Waals surface area (Å²) in [4.78, 5) is 4.89. The highest BCUT2D eigenvalue weighted by atomic mass is 32.2. The van der Waals surface area contributed by atoms with Gasteiger partial charge in [-0.05, 0) is 94.0 Å². The van der Waals surface area contributed by atoms with Crippen LogP contribution < -0.4 is 4.90 Å². The first-order valence-electron chi connectivity index (χ1n) is 15.7. The van der Waals surface area contributed by atoms with Gasteiger partial charge in [0.05, 0.1) is 5.41 Å². The fourth-order valence-corrected chi connectivity index (χ4v) is 9.05. The number of benzene rings is 7. The van der Waals surface area contributed by atoms with Crippen LogP contribution in [0.15, 0.2) is 178 Å². The summed E-state index contributed by atoms with van der Waals surface area (Å²) in [6.07, 6.45) is 0. The van der Waals surface area contributed by atoms with E-state index in [4.69, 9.17) is 4.42 Å². The monoisotopic (exact) mass is 605 g/mol. The second-order valence-electron chi connectivity index (χ2n) is 12.1. The molecule has 7 aromatic carbocycles. The van der Waals surface area contributed by atoms with Crippen molar-refractivity contribution in [1.82, 2.24) is 0 Å². The Morgan fingerprint density at radius 3 is 1.87 bits per heavy atom. The van der Waals surface area contributed by atoms with Gasteiger partial charge in [-0.1, -0.05) is 115 Å². The summed E-state index contributed by atoms with van der Waals surface area (Å²) in [6.45, 7) is 0. The van der Waals surface area contributed by atoms with Crippen LogP contribution in [0.3, 0.4) is 0 Å². The third-order valence-corrected chi connectivity index (χ3v) is 10.8. The molecule has 0 N–H and O–H groups in total. The zero-order chi connectivity index (χ0) is 30.2. The first-order chi connectivity index (χ1) is 22.8. The molecular weight excluding hydrogens is 579 g/mol. The smallest absolute Gasteiger partial charge is 0.136 e.